The number of aliphatic hydroxyl groups is 3. The highest BCUT2D eigenvalue weighted by atomic mass is 16.6. The van der Waals surface area contributed by atoms with Gasteiger partial charge in [-0.05, 0) is 54.9 Å². The van der Waals surface area contributed by atoms with Crippen molar-refractivity contribution >= 4 is 5.78 Å². The van der Waals surface area contributed by atoms with E-state index in [-0.39, 0.29) is 29.0 Å². The smallest absolute Gasteiger partial charge is 0.170 e. The quantitative estimate of drug-likeness (QED) is 0.576. The Morgan fingerprint density at radius 3 is 2.56 bits per heavy atom. The highest BCUT2D eigenvalue weighted by molar-refractivity contribution is 6.04. The zero-order valence-corrected chi connectivity index (χ0v) is 14.9. The molecule has 6 fully saturated rings. The van der Waals surface area contributed by atoms with Crippen LogP contribution in [0.5, 0.6) is 0 Å². The van der Waals surface area contributed by atoms with E-state index in [0.717, 1.165) is 12.8 Å². The van der Waals surface area contributed by atoms with Crippen molar-refractivity contribution in [2.45, 2.75) is 70.6 Å². The number of hydrogen-bond donors (Lipinski definition) is 3. The summed E-state index contributed by atoms with van der Waals surface area (Å²) in [5, 5.41) is 33.2. The Kier molecular flexibility index (Phi) is 2.99. The summed E-state index contributed by atoms with van der Waals surface area (Å²) < 4.78 is 5.96. The number of fused-ring (bicyclic) bond motifs is 2. The van der Waals surface area contributed by atoms with Crippen LogP contribution in [0.15, 0.2) is 12.2 Å². The summed E-state index contributed by atoms with van der Waals surface area (Å²) in [6.45, 7) is 8.37. The molecule has 2 spiro atoms. The maximum atomic E-state index is 13.3. The molecule has 25 heavy (non-hydrogen) atoms. The molecule has 5 nitrogen and oxygen atoms in total. The highest BCUT2D eigenvalue weighted by Crippen LogP contribution is 2.75. The fourth-order valence-electron chi connectivity index (χ4n) is 7.81. The fraction of sp³-hybridized carbons (Fsp3) is 0.850. The Hall–Kier alpha value is -0.750. The maximum Gasteiger partial charge on any atom is 0.170 e. The zero-order chi connectivity index (χ0) is 17.9. The SMILES string of the molecule is C=C1C(=O)[C@]23[C@H](O)[C@H]1CC[C@H]2[C@@]12[C@H](O)O[C@@H]3C[C@@H]1C(C)(C)CC[C@@H]2O. The average Bonchev–Trinajstić information content (AvgIpc) is 2.67. The van der Waals surface area contributed by atoms with Crippen LogP contribution in [-0.4, -0.2) is 45.7 Å². The molecule has 4 bridgehead atoms. The number of carbonyl (C=O) groups excluding carboxylic acids is 1. The van der Waals surface area contributed by atoms with Gasteiger partial charge in [-0.15, -0.1) is 0 Å². The van der Waals surface area contributed by atoms with Gasteiger partial charge >= 0.3 is 0 Å². The van der Waals surface area contributed by atoms with Gasteiger partial charge in [0.1, 0.15) is 0 Å². The molecule has 138 valence electrons. The monoisotopic (exact) mass is 348 g/mol. The summed E-state index contributed by atoms with van der Waals surface area (Å²) in [6.07, 6.45) is 0.432. The number of Topliss-reactive ketones (excluding diaryl/α,β-unsaturated/α-hetero) is 1. The fourth-order valence-corrected chi connectivity index (χ4v) is 7.81. The van der Waals surface area contributed by atoms with Crippen LogP contribution in [0.2, 0.25) is 0 Å². The van der Waals surface area contributed by atoms with Crippen molar-refractivity contribution < 1.29 is 24.9 Å². The predicted molar refractivity (Wildman–Crippen MR) is 89.2 cm³/mol. The summed E-state index contributed by atoms with van der Waals surface area (Å²) in [7, 11) is 0. The minimum absolute atomic E-state index is 0.0374. The molecule has 0 aromatic carbocycles. The van der Waals surface area contributed by atoms with Gasteiger partial charge in [-0.3, -0.25) is 4.79 Å². The molecular weight excluding hydrogens is 320 g/mol. The number of rotatable bonds is 0. The van der Waals surface area contributed by atoms with Gasteiger partial charge in [0.05, 0.1) is 29.1 Å². The topological polar surface area (TPSA) is 87.0 Å². The third-order valence-corrected chi connectivity index (χ3v) is 8.84. The van der Waals surface area contributed by atoms with E-state index in [1.54, 1.807) is 0 Å². The first kappa shape index (κ1) is 16.4. The molecular formula is C20H28O5. The molecule has 4 saturated carbocycles. The van der Waals surface area contributed by atoms with E-state index < -0.39 is 35.4 Å². The van der Waals surface area contributed by atoms with Crippen molar-refractivity contribution in [2.75, 3.05) is 0 Å². The standard InChI is InChI=1S/C20H28O5/c1-9-10-4-5-11-19-12(18(2,3)7-6-13(19)21)8-14(25-17(19)24)20(11,15(9)22)16(10)23/h10-14,16-17,21,23-24H,1,4-8H2,2-3H3/t10-,11-,12+,13-,14+,16+,17+,19+,20-/m0/s1. The van der Waals surface area contributed by atoms with Gasteiger partial charge in [-0.1, -0.05) is 20.4 Å². The lowest BCUT2D eigenvalue weighted by Gasteiger charge is -2.72. The van der Waals surface area contributed by atoms with Crippen molar-refractivity contribution in [1.29, 1.82) is 0 Å². The van der Waals surface area contributed by atoms with Gasteiger partial charge in [-0.25, -0.2) is 0 Å². The Bertz CT molecular complexity index is 665. The molecule has 2 aliphatic heterocycles. The number of ketones is 1. The predicted octanol–water partition coefficient (Wildman–Crippen LogP) is 1.40. The van der Waals surface area contributed by atoms with Crippen LogP contribution < -0.4 is 0 Å². The van der Waals surface area contributed by atoms with Crippen molar-refractivity contribution in [2.24, 2.45) is 34.0 Å². The lowest BCUT2D eigenvalue weighted by Crippen LogP contribution is -2.78. The maximum absolute atomic E-state index is 13.3. The molecule has 2 heterocycles. The van der Waals surface area contributed by atoms with Crippen molar-refractivity contribution in [3.8, 4) is 0 Å². The van der Waals surface area contributed by atoms with Crippen LogP contribution in [0.4, 0.5) is 0 Å². The second-order valence-corrected chi connectivity index (χ2v) is 9.78. The van der Waals surface area contributed by atoms with Crippen LogP contribution >= 0.6 is 0 Å². The summed E-state index contributed by atoms with van der Waals surface area (Å²) in [4.78, 5) is 13.3. The first-order chi connectivity index (χ1) is 11.7. The molecule has 0 aromatic heterocycles. The van der Waals surface area contributed by atoms with E-state index in [2.05, 4.69) is 20.4 Å². The second-order valence-electron chi connectivity index (χ2n) is 9.78. The van der Waals surface area contributed by atoms with E-state index >= 15 is 0 Å². The Balaban J connectivity index is 1.76. The van der Waals surface area contributed by atoms with Crippen LogP contribution in [0.3, 0.4) is 0 Å². The van der Waals surface area contributed by atoms with Crippen molar-refractivity contribution in [1.82, 2.24) is 0 Å². The van der Waals surface area contributed by atoms with Gasteiger partial charge in [0.15, 0.2) is 12.1 Å². The van der Waals surface area contributed by atoms with Gasteiger partial charge in [0, 0.05) is 5.92 Å². The highest BCUT2D eigenvalue weighted by Gasteiger charge is 2.81. The van der Waals surface area contributed by atoms with Crippen LogP contribution in [0.1, 0.15) is 46.0 Å². The first-order valence-corrected chi connectivity index (χ1v) is 9.63. The average molecular weight is 348 g/mol. The van der Waals surface area contributed by atoms with Gasteiger partial charge in [0.25, 0.3) is 0 Å². The zero-order valence-electron chi connectivity index (χ0n) is 14.9. The van der Waals surface area contributed by atoms with Gasteiger partial charge in [-0.2, -0.15) is 0 Å². The van der Waals surface area contributed by atoms with Crippen LogP contribution in [-0.2, 0) is 9.53 Å². The molecule has 9 atom stereocenters. The summed E-state index contributed by atoms with van der Waals surface area (Å²) in [5.74, 6) is -0.455. The Morgan fingerprint density at radius 1 is 1.12 bits per heavy atom. The molecule has 0 unspecified atom stereocenters. The lowest BCUT2D eigenvalue weighted by molar-refractivity contribution is -0.401. The van der Waals surface area contributed by atoms with E-state index in [4.69, 9.17) is 4.74 Å². The van der Waals surface area contributed by atoms with Crippen LogP contribution in [0.25, 0.3) is 0 Å². The van der Waals surface area contributed by atoms with E-state index in [0.29, 0.717) is 24.8 Å². The molecule has 0 aromatic rings. The van der Waals surface area contributed by atoms with Crippen molar-refractivity contribution in [3.63, 3.8) is 0 Å². The molecule has 6 rings (SSSR count). The van der Waals surface area contributed by atoms with E-state index in [1.165, 1.54) is 0 Å². The molecule has 2 saturated heterocycles. The van der Waals surface area contributed by atoms with Crippen LogP contribution in [0, 0.1) is 34.0 Å². The third kappa shape index (κ3) is 1.48. The summed E-state index contributed by atoms with van der Waals surface area (Å²) in [6, 6.07) is 0. The Labute approximate surface area is 148 Å². The molecule has 5 heteroatoms. The van der Waals surface area contributed by atoms with Gasteiger partial charge < -0.3 is 20.1 Å². The minimum atomic E-state index is -1.08. The number of aliphatic hydroxyl groups excluding tert-OH is 3. The largest absolute Gasteiger partial charge is 0.392 e. The second kappa shape index (κ2) is 4.56. The first-order valence-electron chi connectivity index (χ1n) is 9.63. The van der Waals surface area contributed by atoms with Crippen molar-refractivity contribution in [3.05, 3.63) is 12.2 Å². The molecule has 4 aliphatic carbocycles. The number of carbonyl (C=O) groups is 1. The molecule has 0 amide bonds. The number of hydrogen-bond acceptors (Lipinski definition) is 5. The summed E-state index contributed by atoms with van der Waals surface area (Å²) in [5.41, 5.74) is -1.42. The minimum Gasteiger partial charge on any atom is -0.392 e. The number of ether oxygens (including phenoxy) is 1. The summed E-state index contributed by atoms with van der Waals surface area (Å²) >= 11 is 0. The van der Waals surface area contributed by atoms with Gasteiger partial charge in [0.2, 0.25) is 0 Å². The molecule has 0 radical (unpaired) electrons. The third-order valence-electron chi connectivity index (χ3n) is 8.84. The lowest BCUT2D eigenvalue weighted by atomic mass is 9.37. The molecule has 6 aliphatic rings. The normalized spacial score (nSPS) is 58.8. The van der Waals surface area contributed by atoms with E-state index in [1.807, 2.05) is 0 Å². The Morgan fingerprint density at radius 2 is 1.84 bits per heavy atom. The van der Waals surface area contributed by atoms with E-state index in [9.17, 15) is 20.1 Å². The molecule has 3 N–H and O–H groups in total.